The van der Waals surface area contributed by atoms with Crippen LogP contribution in [0.5, 0.6) is 5.75 Å². The first-order valence-corrected chi connectivity index (χ1v) is 8.17. The Balaban J connectivity index is 1.47. The van der Waals surface area contributed by atoms with E-state index in [0.717, 1.165) is 25.9 Å². The van der Waals surface area contributed by atoms with Crippen LogP contribution < -0.4 is 15.4 Å². The first kappa shape index (κ1) is 16.5. The minimum Gasteiger partial charge on any atom is -0.486 e. The normalized spacial score (nSPS) is 17.5. The van der Waals surface area contributed by atoms with Crippen LogP contribution in [0.3, 0.4) is 0 Å². The zero-order valence-electron chi connectivity index (χ0n) is 13.4. The molecule has 1 unspecified atom stereocenters. The number of halogens is 1. The van der Waals surface area contributed by atoms with Gasteiger partial charge in [0.1, 0.15) is 23.9 Å². The van der Waals surface area contributed by atoms with Crippen molar-refractivity contribution in [1.29, 1.82) is 0 Å². The second kappa shape index (κ2) is 7.97. The van der Waals surface area contributed by atoms with Gasteiger partial charge in [-0.15, -0.1) is 0 Å². The molecular weight excluding hydrogens is 311 g/mol. The van der Waals surface area contributed by atoms with E-state index in [4.69, 9.17) is 9.15 Å². The van der Waals surface area contributed by atoms with Gasteiger partial charge in [-0.2, -0.15) is 0 Å². The van der Waals surface area contributed by atoms with Crippen LogP contribution in [0.2, 0.25) is 0 Å². The maximum atomic E-state index is 12.8. The van der Waals surface area contributed by atoms with Gasteiger partial charge in [0.15, 0.2) is 5.76 Å². The fourth-order valence-corrected chi connectivity index (χ4v) is 2.69. The van der Waals surface area contributed by atoms with Crippen molar-refractivity contribution in [3.8, 4) is 5.75 Å². The molecule has 1 aliphatic heterocycles. The third kappa shape index (κ3) is 4.58. The van der Waals surface area contributed by atoms with Gasteiger partial charge in [0.05, 0.1) is 0 Å². The summed E-state index contributed by atoms with van der Waals surface area (Å²) in [5.74, 6) is 1.31. The number of piperidine rings is 1. The number of amides is 1. The van der Waals surface area contributed by atoms with Gasteiger partial charge in [0.2, 0.25) is 0 Å². The van der Waals surface area contributed by atoms with E-state index in [-0.39, 0.29) is 24.1 Å². The minimum absolute atomic E-state index is 0.186. The molecule has 1 aromatic heterocycles. The lowest BCUT2D eigenvalue weighted by atomic mass is 10.00. The monoisotopic (exact) mass is 332 g/mol. The third-order valence-corrected chi connectivity index (χ3v) is 4.03. The molecule has 5 nitrogen and oxygen atoms in total. The summed E-state index contributed by atoms with van der Waals surface area (Å²) in [4.78, 5) is 12.1. The van der Waals surface area contributed by atoms with Crippen molar-refractivity contribution >= 4 is 5.91 Å². The molecule has 0 bridgehead atoms. The highest BCUT2D eigenvalue weighted by molar-refractivity contribution is 5.91. The van der Waals surface area contributed by atoms with E-state index in [0.29, 0.717) is 24.0 Å². The van der Waals surface area contributed by atoms with Crippen LogP contribution >= 0.6 is 0 Å². The van der Waals surface area contributed by atoms with E-state index in [2.05, 4.69) is 10.6 Å². The molecule has 1 atom stereocenters. The smallest absolute Gasteiger partial charge is 0.287 e. The average molecular weight is 332 g/mol. The van der Waals surface area contributed by atoms with Crippen LogP contribution in [-0.4, -0.2) is 25.5 Å². The fraction of sp³-hybridized carbons (Fsp3) is 0.389. The molecule has 1 amide bonds. The van der Waals surface area contributed by atoms with Gasteiger partial charge in [0.25, 0.3) is 5.91 Å². The highest BCUT2D eigenvalue weighted by Gasteiger charge is 2.16. The average Bonchev–Trinajstić information content (AvgIpc) is 3.09. The van der Waals surface area contributed by atoms with Crippen LogP contribution in [0.4, 0.5) is 4.39 Å². The molecule has 2 N–H and O–H groups in total. The number of furan rings is 1. The predicted octanol–water partition coefficient (Wildman–Crippen LogP) is 2.73. The van der Waals surface area contributed by atoms with Crippen LogP contribution in [0.15, 0.2) is 40.8 Å². The summed E-state index contributed by atoms with van der Waals surface area (Å²) in [6.07, 6.45) is 2.27. The van der Waals surface area contributed by atoms with Crippen LogP contribution in [0.1, 0.15) is 29.2 Å². The molecule has 1 aromatic carbocycles. The highest BCUT2D eigenvalue weighted by atomic mass is 19.1. The van der Waals surface area contributed by atoms with Gasteiger partial charge >= 0.3 is 0 Å². The predicted molar refractivity (Wildman–Crippen MR) is 87.4 cm³/mol. The Morgan fingerprint density at radius 2 is 2.12 bits per heavy atom. The van der Waals surface area contributed by atoms with E-state index in [9.17, 15) is 9.18 Å². The Kier molecular flexibility index (Phi) is 5.48. The summed E-state index contributed by atoms with van der Waals surface area (Å²) in [6, 6.07) is 9.10. The summed E-state index contributed by atoms with van der Waals surface area (Å²) in [7, 11) is 0. The Bertz CT molecular complexity index is 663. The van der Waals surface area contributed by atoms with Gasteiger partial charge in [0, 0.05) is 6.54 Å². The molecule has 128 valence electrons. The van der Waals surface area contributed by atoms with E-state index >= 15 is 0 Å². The minimum atomic E-state index is -0.313. The van der Waals surface area contributed by atoms with Crippen molar-refractivity contribution < 1.29 is 18.3 Å². The van der Waals surface area contributed by atoms with E-state index in [1.165, 1.54) is 12.1 Å². The molecule has 0 spiro atoms. The second-order valence-corrected chi connectivity index (χ2v) is 5.93. The quantitative estimate of drug-likeness (QED) is 0.854. The van der Waals surface area contributed by atoms with Crippen LogP contribution in [0, 0.1) is 11.7 Å². The number of carbonyl (C=O) groups is 1. The second-order valence-electron chi connectivity index (χ2n) is 5.93. The number of hydrogen-bond donors (Lipinski definition) is 2. The molecule has 1 aliphatic rings. The molecule has 0 saturated carbocycles. The molecular formula is C18H21FN2O3. The van der Waals surface area contributed by atoms with Crippen molar-refractivity contribution in [3.63, 3.8) is 0 Å². The van der Waals surface area contributed by atoms with Crippen molar-refractivity contribution in [2.45, 2.75) is 19.4 Å². The molecule has 3 rings (SSSR count). The summed E-state index contributed by atoms with van der Waals surface area (Å²) in [5.41, 5.74) is 0. The lowest BCUT2D eigenvalue weighted by Crippen LogP contribution is -2.38. The van der Waals surface area contributed by atoms with Crippen LogP contribution in [-0.2, 0) is 6.61 Å². The van der Waals surface area contributed by atoms with Gasteiger partial charge in [-0.05, 0) is 68.2 Å². The lowest BCUT2D eigenvalue weighted by molar-refractivity contribution is 0.0913. The molecule has 0 radical (unpaired) electrons. The number of rotatable bonds is 6. The van der Waals surface area contributed by atoms with Crippen molar-refractivity contribution in [2.24, 2.45) is 5.92 Å². The van der Waals surface area contributed by atoms with E-state index in [1.54, 1.807) is 24.3 Å². The number of benzene rings is 1. The van der Waals surface area contributed by atoms with Gasteiger partial charge in [-0.3, -0.25) is 4.79 Å². The number of carbonyl (C=O) groups excluding carboxylic acids is 1. The number of hydrogen-bond acceptors (Lipinski definition) is 4. The van der Waals surface area contributed by atoms with Crippen molar-refractivity contribution in [3.05, 3.63) is 53.7 Å². The Morgan fingerprint density at radius 1 is 1.29 bits per heavy atom. The van der Waals surface area contributed by atoms with Crippen molar-refractivity contribution in [1.82, 2.24) is 10.6 Å². The third-order valence-electron chi connectivity index (χ3n) is 4.03. The van der Waals surface area contributed by atoms with Gasteiger partial charge in [-0.1, -0.05) is 0 Å². The number of nitrogens with one attached hydrogen (secondary N) is 2. The fourth-order valence-electron chi connectivity index (χ4n) is 2.69. The van der Waals surface area contributed by atoms with Gasteiger partial charge in [-0.25, -0.2) is 4.39 Å². The maximum absolute atomic E-state index is 12.8. The summed E-state index contributed by atoms with van der Waals surface area (Å²) in [5, 5.41) is 6.23. The zero-order valence-corrected chi connectivity index (χ0v) is 13.4. The first-order chi connectivity index (χ1) is 11.7. The van der Waals surface area contributed by atoms with E-state index in [1.807, 2.05) is 0 Å². The number of ether oxygens (including phenoxy) is 1. The molecule has 2 aromatic rings. The highest BCUT2D eigenvalue weighted by Crippen LogP contribution is 2.15. The summed E-state index contributed by atoms with van der Waals surface area (Å²) in [6.45, 7) is 2.83. The molecule has 1 fully saturated rings. The maximum Gasteiger partial charge on any atom is 0.287 e. The largest absolute Gasteiger partial charge is 0.486 e. The summed E-state index contributed by atoms with van der Waals surface area (Å²) >= 11 is 0. The Hall–Kier alpha value is -2.34. The molecule has 1 saturated heterocycles. The molecule has 6 heteroatoms. The Labute approximate surface area is 140 Å². The lowest BCUT2D eigenvalue weighted by Gasteiger charge is -2.22. The first-order valence-electron chi connectivity index (χ1n) is 8.17. The standard InChI is InChI=1S/C18H21FN2O3/c19-14-3-5-15(6-4-14)23-12-16-7-8-17(24-16)18(22)21-11-13-2-1-9-20-10-13/h3-8,13,20H,1-2,9-12H2,(H,21,22). The molecule has 0 aliphatic carbocycles. The molecule has 24 heavy (non-hydrogen) atoms. The van der Waals surface area contributed by atoms with Crippen LogP contribution in [0.25, 0.3) is 0 Å². The SMILES string of the molecule is O=C(NCC1CCCNC1)c1ccc(COc2ccc(F)cc2)o1. The summed E-state index contributed by atoms with van der Waals surface area (Å²) < 4.78 is 23.8. The zero-order chi connectivity index (χ0) is 16.8. The molecule has 2 heterocycles. The van der Waals surface area contributed by atoms with Crippen molar-refractivity contribution in [2.75, 3.05) is 19.6 Å². The topological polar surface area (TPSA) is 63.5 Å². The van der Waals surface area contributed by atoms with E-state index < -0.39 is 0 Å². The van der Waals surface area contributed by atoms with Gasteiger partial charge < -0.3 is 19.8 Å². The Morgan fingerprint density at radius 3 is 2.88 bits per heavy atom.